The summed E-state index contributed by atoms with van der Waals surface area (Å²) in [6.07, 6.45) is 5.33. The van der Waals surface area contributed by atoms with E-state index in [1.165, 1.54) is 25.7 Å². The van der Waals surface area contributed by atoms with Crippen LogP contribution in [0.1, 0.15) is 31.2 Å². The van der Waals surface area contributed by atoms with Crippen LogP contribution in [0.3, 0.4) is 0 Å². The SMILES string of the molecule is NCc1cccc(Br)c1OCC1CCCC1. The molecule has 1 aromatic carbocycles. The quantitative estimate of drug-likeness (QED) is 0.918. The fraction of sp³-hybridized carbons (Fsp3) is 0.538. The van der Waals surface area contributed by atoms with Crippen molar-refractivity contribution >= 4 is 15.9 Å². The monoisotopic (exact) mass is 283 g/mol. The average molecular weight is 284 g/mol. The Morgan fingerprint density at radius 3 is 2.75 bits per heavy atom. The van der Waals surface area contributed by atoms with Gasteiger partial charge < -0.3 is 10.5 Å². The molecule has 0 amide bonds. The lowest BCUT2D eigenvalue weighted by Gasteiger charge is -2.15. The van der Waals surface area contributed by atoms with Crippen molar-refractivity contribution in [2.75, 3.05) is 6.61 Å². The minimum absolute atomic E-state index is 0.527. The van der Waals surface area contributed by atoms with E-state index in [0.717, 1.165) is 28.3 Å². The molecule has 0 heterocycles. The largest absolute Gasteiger partial charge is 0.492 e. The molecule has 2 rings (SSSR count). The van der Waals surface area contributed by atoms with Crippen LogP contribution in [0, 0.1) is 5.92 Å². The molecule has 0 aliphatic heterocycles. The molecule has 88 valence electrons. The highest BCUT2D eigenvalue weighted by Crippen LogP contribution is 2.31. The lowest BCUT2D eigenvalue weighted by molar-refractivity contribution is 0.248. The van der Waals surface area contributed by atoms with Crippen molar-refractivity contribution < 1.29 is 4.74 Å². The van der Waals surface area contributed by atoms with E-state index in [-0.39, 0.29) is 0 Å². The van der Waals surface area contributed by atoms with E-state index in [4.69, 9.17) is 10.5 Å². The van der Waals surface area contributed by atoms with E-state index < -0.39 is 0 Å². The third-order valence-corrected chi connectivity index (χ3v) is 3.83. The van der Waals surface area contributed by atoms with Gasteiger partial charge in [-0.05, 0) is 40.8 Å². The molecule has 0 bridgehead atoms. The van der Waals surface area contributed by atoms with Crippen molar-refractivity contribution in [2.24, 2.45) is 11.7 Å². The molecule has 16 heavy (non-hydrogen) atoms. The highest BCUT2D eigenvalue weighted by Gasteiger charge is 2.16. The Labute approximate surface area is 105 Å². The molecule has 0 spiro atoms. The number of ether oxygens (including phenoxy) is 1. The van der Waals surface area contributed by atoms with Crippen molar-refractivity contribution in [3.8, 4) is 5.75 Å². The van der Waals surface area contributed by atoms with E-state index >= 15 is 0 Å². The molecule has 2 nitrogen and oxygen atoms in total. The van der Waals surface area contributed by atoms with E-state index in [2.05, 4.69) is 15.9 Å². The Balaban J connectivity index is 2.01. The fourth-order valence-electron chi connectivity index (χ4n) is 2.25. The summed E-state index contributed by atoms with van der Waals surface area (Å²) < 4.78 is 6.92. The highest BCUT2D eigenvalue weighted by molar-refractivity contribution is 9.10. The van der Waals surface area contributed by atoms with E-state index in [1.54, 1.807) is 0 Å². The Hall–Kier alpha value is -0.540. The minimum Gasteiger partial charge on any atom is -0.492 e. The third-order valence-electron chi connectivity index (χ3n) is 3.21. The first-order chi connectivity index (χ1) is 7.81. The predicted octanol–water partition coefficient (Wildman–Crippen LogP) is 3.48. The van der Waals surface area contributed by atoms with Gasteiger partial charge in [-0.1, -0.05) is 25.0 Å². The van der Waals surface area contributed by atoms with Crippen LogP contribution in [0.2, 0.25) is 0 Å². The van der Waals surface area contributed by atoms with Gasteiger partial charge in [0, 0.05) is 12.1 Å². The highest BCUT2D eigenvalue weighted by atomic mass is 79.9. The molecule has 3 heteroatoms. The van der Waals surface area contributed by atoms with Crippen LogP contribution in [0.25, 0.3) is 0 Å². The Morgan fingerprint density at radius 1 is 1.31 bits per heavy atom. The first-order valence-electron chi connectivity index (χ1n) is 5.91. The van der Waals surface area contributed by atoms with Crippen molar-refractivity contribution in [1.29, 1.82) is 0 Å². The number of para-hydroxylation sites is 1. The maximum absolute atomic E-state index is 5.92. The van der Waals surface area contributed by atoms with E-state index in [9.17, 15) is 0 Å². The number of hydrogen-bond acceptors (Lipinski definition) is 2. The van der Waals surface area contributed by atoms with Gasteiger partial charge in [-0.2, -0.15) is 0 Å². The molecule has 1 aliphatic rings. The summed E-state index contributed by atoms with van der Waals surface area (Å²) in [5, 5.41) is 0. The lowest BCUT2D eigenvalue weighted by Crippen LogP contribution is -2.10. The molecule has 0 atom stereocenters. The molecule has 1 aromatic rings. The second kappa shape index (κ2) is 5.69. The Morgan fingerprint density at radius 2 is 2.06 bits per heavy atom. The molecule has 0 unspecified atom stereocenters. The number of rotatable bonds is 4. The fourth-order valence-corrected chi connectivity index (χ4v) is 2.78. The predicted molar refractivity (Wildman–Crippen MR) is 69.5 cm³/mol. The van der Waals surface area contributed by atoms with Gasteiger partial charge in [0.25, 0.3) is 0 Å². The standard InChI is InChI=1S/C13H18BrNO/c14-12-7-3-6-11(8-15)13(12)16-9-10-4-1-2-5-10/h3,6-7,10H,1-2,4-5,8-9,15H2. The first-order valence-corrected chi connectivity index (χ1v) is 6.71. The van der Waals surface area contributed by atoms with Gasteiger partial charge in [-0.3, -0.25) is 0 Å². The number of nitrogens with two attached hydrogens (primary N) is 1. The van der Waals surface area contributed by atoms with Gasteiger partial charge >= 0.3 is 0 Å². The molecular weight excluding hydrogens is 266 g/mol. The topological polar surface area (TPSA) is 35.2 Å². The van der Waals surface area contributed by atoms with Crippen LogP contribution in [-0.2, 0) is 6.54 Å². The summed E-state index contributed by atoms with van der Waals surface area (Å²) >= 11 is 3.52. The minimum atomic E-state index is 0.527. The van der Waals surface area contributed by atoms with Crippen molar-refractivity contribution in [2.45, 2.75) is 32.2 Å². The van der Waals surface area contributed by atoms with Gasteiger partial charge in [0.2, 0.25) is 0 Å². The second-order valence-corrected chi connectivity index (χ2v) is 5.25. The van der Waals surface area contributed by atoms with E-state index in [0.29, 0.717) is 6.54 Å². The van der Waals surface area contributed by atoms with Crippen molar-refractivity contribution in [3.05, 3.63) is 28.2 Å². The summed E-state index contributed by atoms with van der Waals surface area (Å²) in [5.74, 6) is 1.66. The number of halogens is 1. The maximum atomic E-state index is 5.92. The summed E-state index contributed by atoms with van der Waals surface area (Å²) in [6.45, 7) is 1.36. The molecule has 0 radical (unpaired) electrons. The molecule has 1 saturated carbocycles. The van der Waals surface area contributed by atoms with Gasteiger partial charge in [-0.25, -0.2) is 0 Å². The third kappa shape index (κ3) is 2.77. The molecule has 1 aliphatic carbocycles. The van der Waals surface area contributed by atoms with Crippen LogP contribution < -0.4 is 10.5 Å². The molecular formula is C13H18BrNO. The zero-order chi connectivity index (χ0) is 11.4. The number of benzene rings is 1. The molecule has 0 aromatic heterocycles. The van der Waals surface area contributed by atoms with Gasteiger partial charge in [0.05, 0.1) is 11.1 Å². The number of hydrogen-bond donors (Lipinski definition) is 1. The second-order valence-electron chi connectivity index (χ2n) is 4.39. The van der Waals surface area contributed by atoms with Crippen molar-refractivity contribution in [3.63, 3.8) is 0 Å². The zero-order valence-corrected chi connectivity index (χ0v) is 11.0. The molecule has 2 N–H and O–H groups in total. The average Bonchev–Trinajstić information content (AvgIpc) is 2.80. The summed E-state index contributed by atoms with van der Waals surface area (Å²) in [5.41, 5.74) is 6.78. The summed E-state index contributed by atoms with van der Waals surface area (Å²) in [4.78, 5) is 0. The summed E-state index contributed by atoms with van der Waals surface area (Å²) in [7, 11) is 0. The van der Waals surface area contributed by atoms with Crippen LogP contribution in [-0.4, -0.2) is 6.61 Å². The Bertz CT molecular complexity index is 348. The smallest absolute Gasteiger partial charge is 0.137 e. The van der Waals surface area contributed by atoms with E-state index in [1.807, 2.05) is 18.2 Å². The van der Waals surface area contributed by atoms with Gasteiger partial charge in [0.15, 0.2) is 0 Å². The Kier molecular flexibility index (Phi) is 4.24. The van der Waals surface area contributed by atoms with Gasteiger partial charge in [-0.15, -0.1) is 0 Å². The molecule has 0 saturated heterocycles. The zero-order valence-electron chi connectivity index (χ0n) is 9.42. The first kappa shape index (κ1) is 11.9. The normalized spacial score (nSPS) is 16.6. The van der Waals surface area contributed by atoms with Crippen LogP contribution in [0.5, 0.6) is 5.75 Å². The van der Waals surface area contributed by atoms with Crippen LogP contribution in [0.4, 0.5) is 0 Å². The lowest BCUT2D eigenvalue weighted by atomic mass is 10.1. The van der Waals surface area contributed by atoms with Crippen molar-refractivity contribution in [1.82, 2.24) is 0 Å². The summed E-state index contributed by atoms with van der Waals surface area (Å²) in [6, 6.07) is 6.02. The van der Waals surface area contributed by atoms with Crippen LogP contribution >= 0.6 is 15.9 Å². The van der Waals surface area contributed by atoms with Crippen LogP contribution in [0.15, 0.2) is 22.7 Å². The van der Waals surface area contributed by atoms with Gasteiger partial charge in [0.1, 0.15) is 5.75 Å². The molecule has 1 fully saturated rings. The maximum Gasteiger partial charge on any atom is 0.137 e.